The SMILES string of the molecule is NC(=O)Cc1ccc(-c2cc3c(N(C(=O)c4ccc(-n5nnc6cccnc65)cc4F)[C@@H]4CCCNC4)nccc3s2)cc1. The van der Waals surface area contributed by atoms with Gasteiger partial charge >= 0.3 is 0 Å². The number of thiophene rings is 1. The van der Waals surface area contributed by atoms with Gasteiger partial charge in [0.2, 0.25) is 5.91 Å². The Labute approximate surface area is 255 Å². The average Bonchev–Trinajstić information content (AvgIpc) is 3.67. The second-order valence-electron chi connectivity index (χ2n) is 10.7. The third-order valence-electron chi connectivity index (χ3n) is 7.76. The van der Waals surface area contributed by atoms with Crippen LogP contribution in [0.25, 0.3) is 37.4 Å². The van der Waals surface area contributed by atoms with Gasteiger partial charge in [0.25, 0.3) is 5.91 Å². The number of hydrogen-bond donors (Lipinski definition) is 2. The molecule has 1 atom stereocenters. The molecule has 2 aromatic carbocycles. The average molecular weight is 607 g/mol. The molecule has 0 spiro atoms. The summed E-state index contributed by atoms with van der Waals surface area (Å²) in [7, 11) is 0. The molecule has 0 aliphatic carbocycles. The summed E-state index contributed by atoms with van der Waals surface area (Å²) in [5.74, 6) is -1.03. The van der Waals surface area contributed by atoms with Gasteiger partial charge in [0, 0.05) is 40.0 Å². The minimum Gasteiger partial charge on any atom is -0.369 e. The third kappa shape index (κ3) is 5.18. The van der Waals surface area contributed by atoms with Crippen LogP contribution in [0.15, 0.2) is 79.1 Å². The summed E-state index contributed by atoms with van der Waals surface area (Å²) in [4.78, 5) is 37.2. The molecule has 1 fully saturated rings. The number of halogens is 1. The summed E-state index contributed by atoms with van der Waals surface area (Å²) >= 11 is 1.58. The Morgan fingerprint density at radius 2 is 1.93 bits per heavy atom. The van der Waals surface area contributed by atoms with Crippen molar-refractivity contribution >= 4 is 50.2 Å². The van der Waals surface area contributed by atoms with E-state index in [1.54, 1.807) is 46.8 Å². The number of nitrogens with zero attached hydrogens (tertiary/aromatic N) is 6. The standard InChI is InChI=1S/C32H27FN8O2S/c33-25-16-21(41-31-26(38-39-41)4-2-13-36-31)9-10-23(25)32(43)40(22-3-1-12-35-18-22)30-24-17-28(44-27(24)11-14-37-30)20-7-5-19(6-8-20)15-29(34)42/h2,4-11,13-14,16-17,22,35H,1,3,12,15,18H2,(H2,34,42)/t22-/m1/s1. The summed E-state index contributed by atoms with van der Waals surface area (Å²) in [6, 6.07) is 19.4. The smallest absolute Gasteiger partial charge is 0.262 e. The van der Waals surface area contributed by atoms with Crippen molar-refractivity contribution in [2.45, 2.75) is 25.3 Å². The Morgan fingerprint density at radius 1 is 1.07 bits per heavy atom. The largest absolute Gasteiger partial charge is 0.369 e. The van der Waals surface area contributed by atoms with E-state index < -0.39 is 11.7 Å². The maximum Gasteiger partial charge on any atom is 0.262 e. The first-order chi connectivity index (χ1) is 21.5. The first kappa shape index (κ1) is 27.7. The lowest BCUT2D eigenvalue weighted by Crippen LogP contribution is -2.49. The zero-order chi connectivity index (χ0) is 30.2. The Kier molecular flexibility index (Phi) is 7.28. The highest BCUT2D eigenvalue weighted by Crippen LogP contribution is 2.39. The number of primary amides is 1. The van der Waals surface area contributed by atoms with E-state index >= 15 is 4.39 Å². The molecule has 12 heteroatoms. The molecule has 44 heavy (non-hydrogen) atoms. The molecule has 5 heterocycles. The van der Waals surface area contributed by atoms with Crippen molar-refractivity contribution in [3.05, 3.63) is 96.1 Å². The molecule has 4 aromatic heterocycles. The normalized spacial score (nSPS) is 15.1. The lowest BCUT2D eigenvalue weighted by Gasteiger charge is -2.34. The summed E-state index contributed by atoms with van der Waals surface area (Å²) < 4.78 is 18.2. The molecule has 0 radical (unpaired) electrons. The van der Waals surface area contributed by atoms with Gasteiger partial charge in [-0.1, -0.05) is 29.5 Å². The molecule has 0 unspecified atom stereocenters. The minimum absolute atomic E-state index is 0.0593. The molecule has 3 N–H and O–H groups in total. The number of pyridine rings is 2. The number of fused-ring (bicyclic) bond motifs is 2. The first-order valence-electron chi connectivity index (χ1n) is 14.2. The van der Waals surface area contributed by atoms with Crippen LogP contribution in [0.5, 0.6) is 0 Å². The fourth-order valence-corrected chi connectivity index (χ4v) is 6.69. The molecule has 2 amide bonds. The fourth-order valence-electron chi connectivity index (χ4n) is 5.64. The van der Waals surface area contributed by atoms with Crippen LogP contribution < -0.4 is 16.0 Å². The van der Waals surface area contributed by atoms with Crippen LogP contribution in [0, 0.1) is 5.82 Å². The third-order valence-corrected chi connectivity index (χ3v) is 8.91. The second-order valence-corrected chi connectivity index (χ2v) is 11.8. The number of benzene rings is 2. The van der Waals surface area contributed by atoms with Crippen LogP contribution in [-0.4, -0.2) is 55.9 Å². The molecular formula is C32H27FN8O2S. The van der Waals surface area contributed by atoms with Gasteiger partial charge in [0.1, 0.15) is 17.2 Å². The van der Waals surface area contributed by atoms with Crippen molar-refractivity contribution in [3.63, 3.8) is 0 Å². The predicted octanol–water partition coefficient (Wildman–Crippen LogP) is 4.66. The van der Waals surface area contributed by atoms with Gasteiger partial charge in [-0.05, 0) is 66.9 Å². The summed E-state index contributed by atoms with van der Waals surface area (Å²) in [6.07, 6.45) is 5.12. The summed E-state index contributed by atoms with van der Waals surface area (Å²) in [5.41, 5.74) is 8.59. The molecule has 10 nitrogen and oxygen atoms in total. The molecule has 6 aromatic rings. The van der Waals surface area contributed by atoms with E-state index in [2.05, 4.69) is 25.6 Å². The van der Waals surface area contributed by atoms with E-state index in [-0.39, 0.29) is 23.9 Å². The van der Waals surface area contributed by atoms with Gasteiger partial charge in [-0.15, -0.1) is 16.4 Å². The number of hydrogen-bond acceptors (Lipinski definition) is 8. The molecule has 7 rings (SSSR count). The number of carbonyl (C=O) groups excluding carboxylic acids is 2. The number of aromatic nitrogens is 5. The summed E-state index contributed by atoms with van der Waals surface area (Å²) in [5, 5.41) is 12.4. The molecule has 1 saturated heterocycles. The van der Waals surface area contributed by atoms with Gasteiger partial charge in [0.05, 0.1) is 23.7 Å². The molecule has 1 aliphatic rings. The van der Waals surface area contributed by atoms with Crippen molar-refractivity contribution in [3.8, 4) is 16.1 Å². The number of nitrogens with two attached hydrogens (primary N) is 1. The Bertz CT molecular complexity index is 2020. The monoisotopic (exact) mass is 606 g/mol. The highest BCUT2D eigenvalue weighted by atomic mass is 32.1. The van der Waals surface area contributed by atoms with Crippen LogP contribution in [-0.2, 0) is 11.2 Å². The van der Waals surface area contributed by atoms with Crippen LogP contribution in [0.1, 0.15) is 28.8 Å². The minimum atomic E-state index is -0.671. The summed E-state index contributed by atoms with van der Waals surface area (Å²) in [6.45, 7) is 1.42. The predicted molar refractivity (Wildman–Crippen MR) is 167 cm³/mol. The number of piperidine rings is 1. The zero-order valence-corrected chi connectivity index (χ0v) is 24.3. The highest BCUT2D eigenvalue weighted by molar-refractivity contribution is 7.22. The van der Waals surface area contributed by atoms with Crippen molar-refractivity contribution < 1.29 is 14.0 Å². The molecule has 220 valence electrons. The topological polar surface area (TPSA) is 132 Å². The number of carbonyl (C=O) groups is 2. The second kappa shape index (κ2) is 11.5. The number of anilines is 1. The molecular weight excluding hydrogens is 579 g/mol. The van der Waals surface area contributed by atoms with Crippen molar-refractivity contribution in [1.82, 2.24) is 30.3 Å². The Hall–Kier alpha value is -5.07. The van der Waals surface area contributed by atoms with E-state index in [1.807, 2.05) is 36.4 Å². The van der Waals surface area contributed by atoms with Crippen molar-refractivity contribution in [1.29, 1.82) is 0 Å². The lowest BCUT2D eigenvalue weighted by atomic mass is 10.0. The van der Waals surface area contributed by atoms with Crippen LogP contribution in [0.4, 0.5) is 10.2 Å². The van der Waals surface area contributed by atoms with Gasteiger partial charge < -0.3 is 11.1 Å². The molecule has 1 aliphatic heterocycles. The van der Waals surface area contributed by atoms with E-state index in [1.165, 1.54) is 16.8 Å². The van der Waals surface area contributed by atoms with Crippen molar-refractivity contribution in [2.75, 3.05) is 18.0 Å². The van der Waals surface area contributed by atoms with E-state index in [0.29, 0.717) is 29.2 Å². The van der Waals surface area contributed by atoms with Crippen LogP contribution in [0.2, 0.25) is 0 Å². The highest BCUT2D eigenvalue weighted by Gasteiger charge is 2.32. The Morgan fingerprint density at radius 3 is 2.70 bits per heavy atom. The Balaban J connectivity index is 1.27. The van der Waals surface area contributed by atoms with Crippen molar-refractivity contribution in [2.24, 2.45) is 5.73 Å². The van der Waals surface area contributed by atoms with E-state index in [0.717, 1.165) is 45.5 Å². The zero-order valence-electron chi connectivity index (χ0n) is 23.5. The van der Waals surface area contributed by atoms with Gasteiger partial charge in [-0.3, -0.25) is 14.5 Å². The number of amides is 2. The number of rotatable bonds is 7. The maximum atomic E-state index is 15.8. The quantitative estimate of drug-likeness (QED) is 0.270. The van der Waals surface area contributed by atoms with E-state index in [9.17, 15) is 9.59 Å². The van der Waals surface area contributed by atoms with Gasteiger partial charge in [-0.25, -0.2) is 14.4 Å². The maximum absolute atomic E-state index is 15.8. The van der Waals surface area contributed by atoms with Gasteiger partial charge in [-0.2, -0.15) is 4.68 Å². The van der Waals surface area contributed by atoms with Gasteiger partial charge in [0.15, 0.2) is 5.65 Å². The molecule has 0 saturated carbocycles. The fraction of sp³-hybridized carbons (Fsp3) is 0.188. The first-order valence-corrected chi connectivity index (χ1v) is 15.0. The van der Waals surface area contributed by atoms with Crippen LogP contribution >= 0.6 is 11.3 Å². The molecule has 0 bridgehead atoms. The van der Waals surface area contributed by atoms with E-state index in [4.69, 9.17) is 5.73 Å². The lowest BCUT2D eigenvalue weighted by molar-refractivity contribution is -0.117. The van der Waals surface area contributed by atoms with Crippen LogP contribution in [0.3, 0.4) is 0 Å². The number of nitrogens with one attached hydrogen (secondary N) is 1.